The summed E-state index contributed by atoms with van der Waals surface area (Å²) in [5.74, 6) is 0.399. The molecule has 0 bridgehead atoms. The number of rotatable bonds is 5. The monoisotopic (exact) mass is 450 g/mol. The van der Waals surface area contributed by atoms with Gasteiger partial charge in [0, 0.05) is 40.7 Å². The molecule has 1 aliphatic rings. The summed E-state index contributed by atoms with van der Waals surface area (Å²) in [6.07, 6.45) is 2.24. The number of aryl methyl sites for hydroxylation is 2. The van der Waals surface area contributed by atoms with E-state index >= 15 is 0 Å². The minimum absolute atomic E-state index is 0.0558. The lowest BCUT2D eigenvalue weighted by Crippen LogP contribution is -2.29. The predicted molar refractivity (Wildman–Crippen MR) is 125 cm³/mol. The third-order valence-corrected chi connectivity index (χ3v) is 6.30. The Bertz CT molecular complexity index is 1160. The van der Waals surface area contributed by atoms with Crippen LogP contribution in [0, 0.1) is 24.0 Å². The van der Waals surface area contributed by atoms with Gasteiger partial charge in [0.2, 0.25) is 0 Å². The summed E-state index contributed by atoms with van der Waals surface area (Å²) in [5.41, 5.74) is 3.43. The van der Waals surface area contributed by atoms with E-state index in [1.807, 2.05) is 0 Å². The van der Waals surface area contributed by atoms with Gasteiger partial charge in [-0.1, -0.05) is 20.8 Å². The Morgan fingerprint density at radius 1 is 1.09 bits per heavy atom. The molecular formula is C25H30N4O4. The minimum atomic E-state index is -0.486. The summed E-state index contributed by atoms with van der Waals surface area (Å²) in [7, 11) is 0. The van der Waals surface area contributed by atoms with E-state index in [1.54, 1.807) is 0 Å². The average Bonchev–Trinajstić information content (AvgIpc) is 3.46. The second-order valence-corrected chi connectivity index (χ2v) is 9.78. The number of hydrogen-bond donors (Lipinski definition) is 0. The zero-order valence-electron chi connectivity index (χ0n) is 19.7. The van der Waals surface area contributed by atoms with Crippen molar-refractivity contribution in [1.82, 2.24) is 14.3 Å². The normalized spacial score (nSPS) is 18.5. The lowest BCUT2D eigenvalue weighted by molar-refractivity contribution is -0.384. The van der Waals surface area contributed by atoms with Crippen LogP contribution in [0.5, 0.6) is 0 Å². The van der Waals surface area contributed by atoms with Crippen LogP contribution in [0.25, 0.3) is 5.82 Å². The van der Waals surface area contributed by atoms with E-state index in [1.165, 1.54) is 24.3 Å². The molecule has 3 aromatic rings. The molecule has 2 aromatic heterocycles. The van der Waals surface area contributed by atoms with Gasteiger partial charge in [0.25, 0.3) is 5.69 Å². The largest absolute Gasteiger partial charge is 0.457 e. The van der Waals surface area contributed by atoms with Crippen molar-refractivity contribution in [2.24, 2.45) is 0 Å². The third kappa shape index (κ3) is 4.42. The molecule has 1 saturated carbocycles. The Hall–Kier alpha value is -3.42. The maximum Gasteiger partial charge on any atom is 0.338 e. The molecule has 1 aliphatic carbocycles. The van der Waals surface area contributed by atoms with Crippen LogP contribution < -0.4 is 0 Å². The quantitative estimate of drug-likeness (QED) is 0.293. The van der Waals surface area contributed by atoms with Gasteiger partial charge in [-0.3, -0.25) is 14.8 Å². The molecule has 33 heavy (non-hydrogen) atoms. The van der Waals surface area contributed by atoms with Crippen LogP contribution in [0.2, 0.25) is 0 Å². The molecule has 1 fully saturated rings. The SMILES string of the molecule is Cc1ccc(C)n1-c1cc(C(C)(C)C)n([C@H]2CCC[C@H]2OC(=O)c2ccc([N+](=O)[O-])cc2)n1. The predicted octanol–water partition coefficient (Wildman–Crippen LogP) is 5.45. The first kappa shape index (κ1) is 22.8. The second-order valence-electron chi connectivity index (χ2n) is 9.78. The highest BCUT2D eigenvalue weighted by molar-refractivity contribution is 5.89. The molecule has 0 radical (unpaired) electrons. The van der Waals surface area contributed by atoms with Crippen molar-refractivity contribution < 1.29 is 14.5 Å². The molecule has 2 heterocycles. The van der Waals surface area contributed by atoms with Crippen LogP contribution in [-0.2, 0) is 10.2 Å². The molecule has 4 rings (SSSR count). The van der Waals surface area contributed by atoms with Gasteiger partial charge < -0.3 is 9.30 Å². The molecule has 0 aliphatic heterocycles. The van der Waals surface area contributed by atoms with Crippen molar-refractivity contribution in [3.05, 3.63) is 75.2 Å². The zero-order chi connectivity index (χ0) is 23.9. The van der Waals surface area contributed by atoms with Crippen molar-refractivity contribution in [2.75, 3.05) is 0 Å². The van der Waals surface area contributed by atoms with Gasteiger partial charge >= 0.3 is 5.97 Å². The number of hydrogen-bond acceptors (Lipinski definition) is 5. The molecule has 8 nitrogen and oxygen atoms in total. The van der Waals surface area contributed by atoms with Crippen molar-refractivity contribution in [1.29, 1.82) is 0 Å². The van der Waals surface area contributed by atoms with Crippen molar-refractivity contribution in [2.45, 2.75) is 71.4 Å². The molecule has 0 unspecified atom stereocenters. The highest BCUT2D eigenvalue weighted by atomic mass is 16.6. The fourth-order valence-electron chi connectivity index (χ4n) is 4.58. The third-order valence-electron chi connectivity index (χ3n) is 6.30. The number of nitro groups is 1. The van der Waals surface area contributed by atoms with Crippen LogP contribution >= 0.6 is 0 Å². The number of carbonyl (C=O) groups is 1. The van der Waals surface area contributed by atoms with Gasteiger partial charge in [0.05, 0.1) is 16.5 Å². The van der Waals surface area contributed by atoms with E-state index in [-0.39, 0.29) is 23.2 Å². The topological polar surface area (TPSA) is 92.2 Å². The van der Waals surface area contributed by atoms with Crippen molar-refractivity contribution >= 4 is 11.7 Å². The Morgan fingerprint density at radius 3 is 2.30 bits per heavy atom. The number of benzene rings is 1. The van der Waals surface area contributed by atoms with E-state index in [4.69, 9.17) is 9.84 Å². The van der Waals surface area contributed by atoms with E-state index < -0.39 is 10.9 Å². The second kappa shape index (κ2) is 8.50. The molecule has 0 amide bonds. The van der Waals surface area contributed by atoms with Gasteiger partial charge in [-0.25, -0.2) is 4.79 Å². The first-order valence-electron chi connectivity index (χ1n) is 11.3. The van der Waals surface area contributed by atoms with Crippen LogP contribution in [0.15, 0.2) is 42.5 Å². The molecule has 174 valence electrons. The number of esters is 1. The summed E-state index contributed by atoms with van der Waals surface area (Å²) < 4.78 is 10.1. The van der Waals surface area contributed by atoms with Crippen molar-refractivity contribution in [3.63, 3.8) is 0 Å². The van der Waals surface area contributed by atoms with E-state index in [2.05, 4.69) is 62.1 Å². The number of carbonyl (C=O) groups excluding carboxylic acids is 1. The summed E-state index contributed by atoms with van der Waals surface area (Å²) in [4.78, 5) is 23.2. The van der Waals surface area contributed by atoms with Crippen LogP contribution in [0.1, 0.15) is 73.5 Å². The molecule has 8 heteroatoms. The number of nitrogens with zero attached hydrogens (tertiary/aromatic N) is 4. The summed E-state index contributed by atoms with van der Waals surface area (Å²) >= 11 is 0. The lowest BCUT2D eigenvalue weighted by atomic mass is 9.91. The highest BCUT2D eigenvalue weighted by Gasteiger charge is 2.36. The molecule has 1 aromatic carbocycles. The van der Waals surface area contributed by atoms with Crippen molar-refractivity contribution in [3.8, 4) is 5.82 Å². The zero-order valence-corrected chi connectivity index (χ0v) is 19.7. The number of ether oxygens (including phenoxy) is 1. The fourth-order valence-corrected chi connectivity index (χ4v) is 4.58. The van der Waals surface area contributed by atoms with Crippen LogP contribution in [-0.4, -0.2) is 31.3 Å². The maximum absolute atomic E-state index is 12.8. The van der Waals surface area contributed by atoms with E-state index in [9.17, 15) is 14.9 Å². The lowest BCUT2D eigenvalue weighted by Gasteiger charge is -2.27. The summed E-state index contributed by atoms with van der Waals surface area (Å²) in [5, 5.41) is 15.9. The number of aromatic nitrogens is 3. The van der Waals surface area contributed by atoms with Crippen LogP contribution in [0.4, 0.5) is 5.69 Å². The first-order chi connectivity index (χ1) is 15.6. The smallest absolute Gasteiger partial charge is 0.338 e. The molecule has 0 N–H and O–H groups in total. The van der Waals surface area contributed by atoms with Gasteiger partial charge in [0.1, 0.15) is 6.10 Å². The first-order valence-corrected chi connectivity index (χ1v) is 11.3. The summed E-state index contributed by atoms with van der Waals surface area (Å²) in [6, 6.07) is 11.7. The van der Waals surface area contributed by atoms with Gasteiger partial charge in [-0.2, -0.15) is 5.10 Å². The number of nitro benzene ring substituents is 1. The van der Waals surface area contributed by atoms with Gasteiger partial charge in [0.15, 0.2) is 5.82 Å². The molecular weight excluding hydrogens is 420 g/mol. The number of non-ortho nitro benzene ring substituents is 1. The fraction of sp³-hybridized carbons (Fsp3) is 0.440. The van der Waals surface area contributed by atoms with E-state index in [0.717, 1.165) is 42.2 Å². The Balaban J connectivity index is 1.63. The minimum Gasteiger partial charge on any atom is -0.457 e. The summed E-state index contributed by atoms with van der Waals surface area (Å²) in [6.45, 7) is 10.6. The maximum atomic E-state index is 12.8. The van der Waals surface area contributed by atoms with Gasteiger partial charge in [-0.05, 0) is 57.4 Å². The Kier molecular flexibility index (Phi) is 5.86. The molecule has 2 atom stereocenters. The highest BCUT2D eigenvalue weighted by Crippen LogP contribution is 2.37. The standard InChI is InChI=1S/C25H30N4O4/c1-16-9-10-17(2)27(16)23-15-22(25(3,4)5)28(26-23)20-7-6-8-21(20)33-24(30)18-11-13-19(14-12-18)29(31)32/h9-15,20-21H,6-8H2,1-5H3/t20-,21+/m0/s1. The molecule has 0 spiro atoms. The average molecular weight is 451 g/mol. The molecule has 0 saturated heterocycles. The Morgan fingerprint density at radius 2 is 1.73 bits per heavy atom. The van der Waals surface area contributed by atoms with E-state index in [0.29, 0.717) is 5.56 Å². The van der Waals surface area contributed by atoms with Crippen LogP contribution in [0.3, 0.4) is 0 Å². The Labute approximate surface area is 193 Å². The van der Waals surface area contributed by atoms with Gasteiger partial charge in [-0.15, -0.1) is 0 Å².